The van der Waals surface area contributed by atoms with Gasteiger partial charge in [-0.1, -0.05) is 6.92 Å². The topological polar surface area (TPSA) is 80.9 Å². The van der Waals surface area contributed by atoms with Gasteiger partial charge in [0, 0.05) is 45.0 Å². The molecule has 1 aliphatic rings. The van der Waals surface area contributed by atoms with Gasteiger partial charge in [-0.15, -0.1) is 10.2 Å². The van der Waals surface area contributed by atoms with Crippen LogP contribution >= 0.6 is 0 Å². The number of hydrogen-bond acceptors (Lipinski definition) is 4. The third-order valence-electron chi connectivity index (χ3n) is 4.48. The Kier molecular flexibility index (Phi) is 5.12. The fraction of sp³-hybridized carbons (Fsp3) is 0.625. The summed E-state index contributed by atoms with van der Waals surface area (Å²) in [6.45, 7) is 4.94. The van der Waals surface area contributed by atoms with Gasteiger partial charge in [-0.3, -0.25) is 0 Å². The molecule has 2 aromatic heterocycles. The van der Waals surface area contributed by atoms with E-state index >= 15 is 0 Å². The van der Waals surface area contributed by atoms with E-state index in [1.165, 1.54) is 0 Å². The summed E-state index contributed by atoms with van der Waals surface area (Å²) in [6, 6.07) is 0.0300. The first-order valence-corrected chi connectivity index (χ1v) is 8.55. The maximum atomic E-state index is 12.2. The largest absolute Gasteiger partial charge is 0.338 e. The van der Waals surface area contributed by atoms with Crippen molar-refractivity contribution in [2.24, 2.45) is 7.05 Å². The molecule has 1 aliphatic heterocycles. The van der Waals surface area contributed by atoms with E-state index in [9.17, 15) is 4.79 Å². The Bertz CT molecular complexity index is 664. The van der Waals surface area contributed by atoms with E-state index in [1.54, 1.807) is 12.5 Å². The predicted molar refractivity (Wildman–Crippen MR) is 89.6 cm³/mol. The van der Waals surface area contributed by atoms with Crippen molar-refractivity contribution in [2.75, 3.05) is 19.6 Å². The van der Waals surface area contributed by atoms with Crippen molar-refractivity contribution in [2.45, 2.75) is 38.6 Å². The van der Waals surface area contributed by atoms with Crippen LogP contribution in [-0.2, 0) is 13.6 Å². The molecule has 3 rings (SSSR count). The number of imidazole rings is 1. The lowest BCUT2D eigenvalue weighted by Gasteiger charge is -2.32. The van der Waals surface area contributed by atoms with Crippen LogP contribution in [-0.4, -0.2) is 54.9 Å². The fourth-order valence-corrected chi connectivity index (χ4v) is 3.13. The highest BCUT2D eigenvalue weighted by Gasteiger charge is 2.28. The maximum absolute atomic E-state index is 12.2. The number of nitrogens with zero attached hydrogens (tertiary/aromatic N) is 6. The smallest absolute Gasteiger partial charge is 0.317 e. The lowest BCUT2D eigenvalue weighted by molar-refractivity contribution is 0.178. The van der Waals surface area contributed by atoms with Crippen LogP contribution in [0.15, 0.2) is 18.7 Å². The van der Waals surface area contributed by atoms with E-state index in [0.717, 1.165) is 44.0 Å². The normalized spacial score (nSPS) is 17.9. The molecule has 0 bridgehead atoms. The average molecular weight is 331 g/mol. The van der Waals surface area contributed by atoms with Crippen LogP contribution in [0.4, 0.5) is 4.79 Å². The van der Waals surface area contributed by atoms with Gasteiger partial charge >= 0.3 is 6.03 Å². The first-order valence-electron chi connectivity index (χ1n) is 8.55. The van der Waals surface area contributed by atoms with Gasteiger partial charge in [0.2, 0.25) is 0 Å². The number of carbonyl (C=O) groups is 1. The minimum Gasteiger partial charge on any atom is -0.338 e. The Labute approximate surface area is 141 Å². The summed E-state index contributed by atoms with van der Waals surface area (Å²) in [7, 11) is 2.00. The minimum atomic E-state index is 0.0300. The Morgan fingerprint density at radius 1 is 1.42 bits per heavy atom. The Morgan fingerprint density at radius 3 is 3.04 bits per heavy atom. The van der Waals surface area contributed by atoms with E-state index in [-0.39, 0.29) is 11.9 Å². The second kappa shape index (κ2) is 7.46. The first kappa shape index (κ1) is 16.5. The summed E-state index contributed by atoms with van der Waals surface area (Å²) in [5, 5.41) is 11.7. The van der Waals surface area contributed by atoms with Crippen molar-refractivity contribution in [1.29, 1.82) is 0 Å². The monoisotopic (exact) mass is 331 g/mol. The summed E-state index contributed by atoms with van der Waals surface area (Å²) in [4.78, 5) is 18.1. The van der Waals surface area contributed by atoms with Crippen LogP contribution in [0.2, 0.25) is 0 Å². The molecule has 2 amide bonds. The molecule has 0 aromatic carbocycles. The number of aromatic nitrogens is 5. The molecule has 24 heavy (non-hydrogen) atoms. The van der Waals surface area contributed by atoms with Gasteiger partial charge in [-0.05, 0) is 19.3 Å². The first-order chi connectivity index (χ1) is 11.7. The van der Waals surface area contributed by atoms with E-state index in [4.69, 9.17) is 0 Å². The zero-order valence-electron chi connectivity index (χ0n) is 14.4. The molecule has 8 heteroatoms. The molecule has 8 nitrogen and oxygen atoms in total. The second-order valence-electron chi connectivity index (χ2n) is 6.29. The molecule has 0 aliphatic carbocycles. The van der Waals surface area contributed by atoms with Gasteiger partial charge in [0.1, 0.15) is 5.82 Å². The van der Waals surface area contributed by atoms with Crippen LogP contribution < -0.4 is 5.32 Å². The number of amides is 2. The number of hydrogen-bond donors (Lipinski definition) is 1. The molecular weight excluding hydrogens is 306 g/mol. The molecule has 3 heterocycles. The van der Waals surface area contributed by atoms with Gasteiger partial charge in [0.05, 0.1) is 12.9 Å². The molecule has 0 unspecified atom stereocenters. The molecule has 1 N–H and O–H groups in total. The standard InChI is InChI=1S/C16H25N7O/c1-3-6-18-16(24)23-8-4-5-13(10-23)15-20-19-14(21(15)2)11-22-9-7-17-12-22/h7,9,12-13H,3-6,8,10-11H2,1-2H3,(H,18,24)/t13-/m1/s1. The van der Waals surface area contributed by atoms with Gasteiger partial charge in [0.25, 0.3) is 0 Å². The highest BCUT2D eigenvalue weighted by molar-refractivity contribution is 5.74. The average Bonchev–Trinajstić information content (AvgIpc) is 3.24. The van der Waals surface area contributed by atoms with Crippen molar-refractivity contribution in [3.05, 3.63) is 30.4 Å². The SMILES string of the molecule is CCCNC(=O)N1CCC[C@@H](c2nnc(Cn3ccnc3)n2C)C1. The molecule has 0 saturated carbocycles. The fourth-order valence-electron chi connectivity index (χ4n) is 3.13. The van der Waals surface area contributed by atoms with Crippen LogP contribution in [0.25, 0.3) is 0 Å². The third kappa shape index (κ3) is 3.58. The maximum Gasteiger partial charge on any atom is 0.317 e. The summed E-state index contributed by atoms with van der Waals surface area (Å²) < 4.78 is 4.03. The number of nitrogens with one attached hydrogen (secondary N) is 1. The zero-order valence-corrected chi connectivity index (χ0v) is 14.4. The highest BCUT2D eigenvalue weighted by atomic mass is 16.2. The number of piperidine rings is 1. The minimum absolute atomic E-state index is 0.0300. The van der Waals surface area contributed by atoms with E-state index in [1.807, 2.05) is 22.7 Å². The molecule has 1 saturated heterocycles. The quantitative estimate of drug-likeness (QED) is 0.897. The van der Waals surface area contributed by atoms with Crippen LogP contribution in [0.5, 0.6) is 0 Å². The molecule has 2 aromatic rings. The van der Waals surface area contributed by atoms with Crippen molar-refractivity contribution in [1.82, 2.24) is 34.5 Å². The lowest BCUT2D eigenvalue weighted by Crippen LogP contribution is -2.45. The van der Waals surface area contributed by atoms with Crippen LogP contribution in [0.1, 0.15) is 43.8 Å². The van der Waals surface area contributed by atoms with E-state index in [2.05, 4.69) is 32.0 Å². The van der Waals surface area contributed by atoms with E-state index in [0.29, 0.717) is 13.1 Å². The number of carbonyl (C=O) groups excluding carboxylic acids is 1. The van der Waals surface area contributed by atoms with Crippen LogP contribution in [0.3, 0.4) is 0 Å². The van der Waals surface area contributed by atoms with Gasteiger partial charge in [0.15, 0.2) is 5.82 Å². The summed E-state index contributed by atoms with van der Waals surface area (Å²) >= 11 is 0. The molecule has 130 valence electrons. The molecule has 1 atom stereocenters. The third-order valence-corrected chi connectivity index (χ3v) is 4.48. The number of rotatable bonds is 5. The van der Waals surface area contributed by atoms with Crippen LogP contribution in [0, 0.1) is 0 Å². The second-order valence-corrected chi connectivity index (χ2v) is 6.29. The van der Waals surface area contributed by atoms with Crippen molar-refractivity contribution in [3.8, 4) is 0 Å². The van der Waals surface area contributed by atoms with Gasteiger partial charge in [-0.2, -0.15) is 0 Å². The Balaban J connectivity index is 1.67. The lowest BCUT2D eigenvalue weighted by atomic mass is 9.97. The Hall–Kier alpha value is -2.38. The summed E-state index contributed by atoms with van der Waals surface area (Å²) in [6.07, 6.45) is 8.42. The zero-order chi connectivity index (χ0) is 16.9. The molecule has 0 spiro atoms. The number of urea groups is 1. The van der Waals surface area contributed by atoms with Crippen molar-refractivity contribution >= 4 is 6.03 Å². The predicted octanol–water partition coefficient (Wildman–Crippen LogP) is 1.36. The molecule has 0 radical (unpaired) electrons. The van der Waals surface area contributed by atoms with Gasteiger partial charge in [-0.25, -0.2) is 9.78 Å². The van der Waals surface area contributed by atoms with E-state index < -0.39 is 0 Å². The molecule has 1 fully saturated rings. The Morgan fingerprint density at radius 2 is 2.29 bits per heavy atom. The summed E-state index contributed by atoms with van der Waals surface area (Å²) in [5.41, 5.74) is 0. The number of likely N-dealkylation sites (tertiary alicyclic amines) is 1. The highest BCUT2D eigenvalue weighted by Crippen LogP contribution is 2.25. The van der Waals surface area contributed by atoms with Gasteiger partial charge < -0.3 is 19.4 Å². The summed E-state index contributed by atoms with van der Waals surface area (Å²) in [5.74, 6) is 2.09. The van der Waals surface area contributed by atoms with Crippen molar-refractivity contribution in [3.63, 3.8) is 0 Å². The molecular formula is C16H25N7O. The van der Waals surface area contributed by atoms with Crippen molar-refractivity contribution < 1.29 is 4.79 Å².